The lowest BCUT2D eigenvalue weighted by molar-refractivity contribution is -0.116. The van der Waals surface area contributed by atoms with Crippen LogP contribution in [0.2, 0.25) is 0 Å². The molecule has 92 valence electrons. The number of esters is 1. The highest BCUT2D eigenvalue weighted by molar-refractivity contribution is 7.98. The summed E-state index contributed by atoms with van der Waals surface area (Å²) in [7, 11) is 1.37. The van der Waals surface area contributed by atoms with Crippen LogP contribution in [0, 0.1) is 0 Å². The molecule has 0 aliphatic carbocycles. The highest BCUT2D eigenvalue weighted by Gasteiger charge is 2.05. The van der Waals surface area contributed by atoms with Crippen LogP contribution < -0.4 is 0 Å². The minimum Gasteiger partial charge on any atom is -0.465 e. The van der Waals surface area contributed by atoms with Gasteiger partial charge in [-0.2, -0.15) is 11.8 Å². The molecule has 0 radical (unpaired) electrons. The Morgan fingerprint density at radius 2 is 2.12 bits per heavy atom. The first-order valence-electron chi connectivity index (χ1n) is 5.38. The van der Waals surface area contributed by atoms with E-state index in [-0.39, 0.29) is 11.8 Å². The van der Waals surface area contributed by atoms with E-state index in [1.54, 1.807) is 24.8 Å². The van der Waals surface area contributed by atoms with Gasteiger partial charge in [-0.05, 0) is 24.6 Å². The van der Waals surface area contributed by atoms with E-state index in [0.717, 1.165) is 17.1 Å². The summed E-state index contributed by atoms with van der Waals surface area (Å²) in [4.78, 5) is 22.1. The number of benzene rings is 1. The van der Waals surface area contributed by atoms with Crippen molar-refractivity contribution in [1.82, 2.24) is 0 Å². The van der Waals surface area contributed by atoms with Crippen LogP contribution in [0.25, 0.3) is 0 Å². The topological polar surface area (TPSA) is 43.4 Å². The molecule has 4 heteroatoms. The molecule has 0 heterocycles. The Morgan fingerprint density at radius 1 is 1.35 bits per heavy atom. The third-order valence-electron chi connectivity index (χ3n) is 2.22. The SMILES string of the molecule is COC(=O)c1cccc(CSCCC(C)=O)c1. The maximum absolute atomic E-state index is 11.3. The van der Waals surface area contributed by atoms with E-state index in [2.05, 4.69) is 4.74 Å². The molecule has 0 saturated carbocycles. The molecule has 0 bridgehead atoms. The average Bonchev–Trinajstić information content (AvgIpc) is 2.34. The molecule has 0 spiro atoms. The second kappa shape index (κ2) is 7.12. The zero-order valence-electron chi connectivity index (χ0n) is 10.1. The van der Waals surface area contributed by atoms with Crippen molar-refractivity contribution >= 4 is 23.5 Å². The van der Waals surface area contributed by atoms with Gasteiger partial charge >= 0.3 is 5.97 Å². The number of ether oxygens (including phenoxy) is 1. The van der Waals surface area contributed by atoms with E-state index < -0.39 is 0 Å². The van der Waals surface area contributed by atoms with Crippen molar-refractivity contribution in [2.75, 3.05) is 12.9 Å². The maximum Gasteiger partial charge on any atom is 0.337 e. The molecule has 1 aromatic carbocycles. The predicted octanol–water partition coefficient (Wildman–Crippen LogP) is 2.69. The monoisotopic (exact) mass is 252 g/mol. The molecule has 0 atom stereocenters. The molecule has 0 N–H and O–H groups in total. The first-order chi connectivity index (χ1) is 8.13. The van der Waals surface area contributed by atoms with Crippen LogP contribution >= 0.6 is 11.8 Å². The fourth-order valence-corrected chi connectivity index (χ4v) is 2.30. The summed E-state index contributed by atoms with van der Waals surface area (Å²) in [5.74, 6) is 1.51. The fourth-order valence-electron chi connectivity index (χ4n) is 1.31. The smallest absolute Gasteiger partial charge is 0.337 e. The number of carbonyl (C=O) groups is 2. The first kappa shape index (κ1) is 13.8. The number of hydrogen-bond donors (Lipinski definition) is 0. The van der Waals surface area contributed by atoms with Crippen LogP contribution in [-0.4, -0.2) is 24.6 Å². The lowest BCUT2D eigenvalue weighted by Gasteiger charge is -2.03. The zero-order chi connectivity index (χ0) is 12.7. The van der Waals surface area contributed by atoms with Gasteiger partial charge in [0.25, 0.3) is 0 Å². The van der Waals surface area contributed by atoms with Crippen molar-refractivity contribution in [2.45, 2.75) is 19.1 Å². The summed E-state index contributed by atoms with van der Waals surface area (Å²) in [5.41, 5.74) is 1.64. The van der Waals surface area contributed by atoms with Crippen molar-refractivity contribution in [3.8, 4) is 0 Å². The van der Waals surface area contributed by atoms with Gasteiger partial charge in [-0.1, -0.05) is 12.1 Å². The predicted molar refractivity (Wildman–Crippen MR) is 69.2 cm³/mol. The van der Waals surface area contributed by atoms with Gasteiger partial charge in [-0.3, -0.25) is 4.79 Å². The number of carbonyl (C=O) groups excluding carboxylic acids is 2. The molecular formula is C13H16O3S. The quantitative estimate of drug-likeness (QED) is 0.576. The number of rotatable bonds is 6. The molecule has 0 unspecified atom stereocenters. The van der Waals surface area contributed by atoms with Gasteiger partial charge in [-0.25, -0.2) is 4.79 Å². The fraction of sp³-hybridized carbons (Fsp3) is 0.385. The Kier molecular flexibility index (Phi) is 5.77. The summed E-state index contributed by atoms with van der Waals surface area (Å²) in [6, 6.07) is 7.36. The highest BCUT2D eigenvalue weighted by atomic mass is 32.2. The Bertz CT molecular complexity index is 401. The Hall–Kier alpha value is -1.29. The van der Waals surface area contributed by atoms with Crippen LogP contribution in [0.3, 0.4) is 0 Å². The minimum absolute atomic E-state index is 0.209. The van der Waals surface area contributed by atoms with Gasteiger partial charge in [0, 0.05) is 17.9 Å². The summed E-state index contributed by atoms with van der Waals surface area (Å²) < 4.78 is 4.66. The van der Waals surface area contributed by atoms with Crippen LogP contribution in [0.5, 0.6) is 0 Å². The molecular weight excluding hydrogens is 236 g/mol. The molecule has 3 nitrogen and oxygen atoms in total. The molecule has 1 aromatic rings. The van der Waals surface area contributed by atoms with Gasteiger partial charge < -0.3 is 4.74 Å². The maximum atomic E-state index is 11.3. The Morgan fingerprint density at radius 3 is 2.76 bits per heavy atom. The zero-order valence-corrected chi connectivity index (χ0v) is 10.9. The van der Waals surface area contributed by atoms with Gasteiger partial charge in [0.2, 0.25) is 0 Å². The van der Waals surface area contributed by atoms with Crippen molar-refractivity contribution < 1.29 is 14.3 Å². The second-order valence-electron chi connectivity index (χ2n) is 3.70. The number of methoxy groups -OCH3 is 1. The van der Waals surface area contributed by atoms with Gasteiger partial charge in [0.15, 0.2) is 0 Å². The molecule has 0 aliphatic rings. The third-order valence-corrected chi connectivity index (χ3v) is 3.25. The molecule has 17 heavy (non-hydrogen) atoms. The van der Waals surface area contributed by atoms with Crippen LogP contribution in [0.1, 0.15) is 29.3 Å². The van der Waals surface area contributed by atoms with E-state index in [4.69, 9.17) is 0 Å². The third kappa shape index (κ3) is 5.04. The molecule has 0 amide bonds. The van der Waals surface area contributed by atoms with E-state index in [9.17, 15) is 9.59 Å². The largest absolute Gasteiger partial charge is 0.465 e. The number of Topliss-reactive ketones (excluding diaryl/α,β-unsaturated/α-hetero) is 1. The standard InChI is InChI=1S/C13H16O3S/c1-10(14)6-7-17-9-11-4-3-5-12(8-11)13(15)16-2/h3-5,8H,6-7,9H2,1-2H3. The van der Waals surface area contributed by atoms with Gasteiger partial charge in [0.05, 0.1) is 12.7 Å². The van der Waals surface area contributed by atoms with E-state index in [1.165, 1.54) is 7.11 Å². The minimum atomic E-state index is -0.319. The van der Waals surface area contributed by atoms with Crippen LogP contribution in [0.4, 0.5) is 0 Å². The normalized spacial score (nSPS) is 10.0. The summed E-state index contributed by atoms with van der Waals surface area (Å²) in [5, 5.41) is 0. The number of ketones is 1. The van der Waals surface area contributed by atoms with E-state index >= 15 is 0 Å². The lowest BCUT2D eigenvalue weighted by Crippen LogP contribution is -2.01. The van der Waals surface area contributed by atoms with Crippen molar-refractivity contribution in [3.05, 3.63) is 35.4 Å². The Labute approximate surface area is 106 Å². The number of thioether (sulfide) groups is 1. The first-order valence-corrected chi connectivity index (χ1v) is 6.53. The van der Waals surface area contributed by atoms with Crippen molar-refractivity contribution in [3.63, 3.8) is 0 Å². The molecule has 0 aliphatic heterocycles. The second-order valence-corrected chi connectivity index (χ2v) is 4.80. The molecule has 1 rings (SSSR count). The summed E-state index contributed by atoms with van der Waals surface area (Å²) in [6.07, 6.45) is 0.599. The van der Waals surface area contributed by atoms with Crippen molar-refractivity contribution in [1.29, 1.82) is 0 Å². The summed E-state index contributed by atoms with van der Waals surface area (Å²) in [6.45, 7) is 1.60. The number of hydrogen-bond acceptors (Lipinski definition) is 4. The van der Waals surface area contributed by atoms with Crippen molar-refractivity contribution in [2.24, 2.45) is 0 Å². The molecule has 0 saturated heterocycles. The van der Waals surface area contributed by atoms with E-state index in [0.29, 0.717) is 12.0 Å². The van der Waals surface area contributed by atoms with Crippen LogP contribution in [-0.2, 0) is 15.3 Å². The molecule has 0 aromatic heterocycles. The van der Waals surface area contributed by atoms with E-state index in [1.807, 2.05) is 18.2 Å². The average molecular weight is 252 g/mol. The van der Waals surface area contributed by atoms with Gasteiger partial charge in [0.1, 0.15) is 5.78 Å². The van der Waals surface area contributed by atoms with Crippen LogP contribution in [0.15, 0.2) is 24.3 Å². The highest BCUT2D eigenvalue weighted by Crippen LogP contribution is 2.15. The summed E-state index contributed by atoms with van der Waals surface area (Å²) >= 11 is 1.69. The Balaban J connectivity index is 2.48. The molecule has 0 fully saturated rings. The van der Waals surface area contributed by atoms with Gasteiger partial charge in [-0.15, -0.1) is 0 Å². The lowest BCUT2D eigenvalue weighted by atomic mass is 10.1.